The van der Waals surface area contributed by atoms with Gasteiger partial charge in [-0.1, -0.05) is 22.9 Å². The summed E-state index contributed by atoms with van der Waals surface area (Å²) in [6, 6.07) is 10.9. The molecule has 3 amide bonds. The van der Waals surface area contributed by atoms with Crippen molar-refractivity contribution in [1.29, 1.82) is 0 Å². The van der Waals surface area contributed by atoms with E-state index in [0.29, 0.717) is 24.5 Å². The smallest absolute Gasteiger partial charge is 0.262 e. The topological polar surface area (TPSA) is 106 Å². The minimum Gasteiger partial charge on any atom is -0.484 e. The van der Waals surface area contributed by atoms with Crippen LogP contribution in [0.5, 0.6) is 5.75 Å². The van der Waals surface area contributed by atoms with Crippen molar-refractivity contribution in [2.75, 3.05) is 29.9 Å². The van der Waals surface area contributed by atoms with E-state index in [2.05, 4.69) is 31.5 Å². The number of aromatic nitrogens is 2. The highest BCUT2D eigenvalue weighted by Gasteiger charge is 2.35. The number of anilines is 2. The Morgan fingerprint density at radius 1 is 1.21 bits per heavy atom. The van der Waals surface area contributed by atoms with Crippen molar-refractivity contribution in [3.8, 4) is 5.75 Å². The average molecular weight is 582 g/mol. The van der Waals surface area contributed by atoms with E-state index in [1.165, 1.54) is 0 Å². The largest absolute Gasteiger partial charge is 0.484 e. The normalized spacial score (nSPS) is 15.0. The fourth-order valence-corrected chi connectivity index (χ4v) is 5.11. The number of amides is 3. The number of aryl methyl sites for hydroxylation is 3. The molecule has 0 aliphatic carbocycles. The standard InChI is InChI=1S/C28H32BrN5O4/c1-3-20-14-22(29)13-19(2)27(20)32-25(35)17-38-24-7-5-23(6-8-24)34-16-21(15-26(34)36)28(37)31-9-4-11-33-12-10-30-18-33/h5-8,10,12-14,18,21H,3-4,9,11,15-17H2,1-2H3,(H,31,37)(H,32,35)/t21-/m1/s1. The fraction of sp³-hybridized carbons (Fsp3) is 0.357. The van der Waals surface area contributed by atoms with Crippen LogP contribution in [0.4, 0.5) is 11.4 Å². The first-order chi connectivity index (χ1) is 18.3. The highest BCUT2D eigenvalue weighted by molar-refractivity contribution is 9.10. The van der Waals surface area contributed by atoms with E-state index in [0.717, 1.165) is 40.7 Å². The summed E-state index contributed by atoms with van der Waals surface area (Å²) in [7, 11) is 0. The van der Waals surface area contributed by atoms with Gasteiger partial charge in [-0.05, 0) is 67.3 Å². The summed E-state index contributed by atoms with van der Waals surface area (Å²) in [4.78, 5) is 43.3. The number of nitrogens with zero attached hydrogens (tertiary/aromatic N) is 3. The second-order valence-electron chi connectivity index (χ2n) is 9.29. The van der Waals surface area contributed by atoms with Gasteiger partial charge < -0.3 is 24.8 Å². The molecule has 0 spiro atoms. The molecule has 1 atom stereocenters. The zero-order chi connectivity index (χ0) is 27.1. The lowest BCUT2D eigenvalue weighted by atomic mass is 10.1. The summed E-state index contributed by atoms with van der Waals surface area (Å²) in [6.07, 6.45) is 7.11. The number of nitrogens with one attached hydrogen (secondary N) is 2. The predicted molar refractivity (Wildman–Crippen MR) is 149 cm³/mol. The second-order valence-corrected chi connectivity index (χ2v) is 10.2. The molecule has 2 aromatic carbocycles. The number of hydrogen-bond donors (Lipinski definition) is 2. The van der Waals surface area contributed by atoms with Crippen molar-refractivity contribution >= 4 is 45.0 Å². The van der Waals surface area contributed by atoms with Gasteiger partial charge in [0.2, 0.25) is 11.8 Å². The van der Waals surface area contributed by atoms with Crippen LogP contribution in [0.3, 0.4) is 0 Å². The van der Waals surface area contributed by atoms with E-state index in [1.807, 2.05) is 36.7 Å². The molecule has 0 unspecified atom stereocenters. The van der Waals surface area contributed by atoms with Crippen molar-refractivity contribution in [3.63, 3.8) is 0 Å². The summed E-state index contributed by atoms with van der Waals surface area (Å²) in [5.41, 5.74) is 3.53. The Morgan fingerprint density at radius 2 is 2.00 bits per heavy atom. The zero-order valence-electron chi connectivity index (χ0n) is 21.6. The molecule has 3 aromatic rings. The molecule has 1 aliphatic heterocycles. The van der Waals surface area contributed by atoms with Crippen molar-refractivity contribution in [3.05, 3.63) is 70.7 Å². The molecule has 0 radical (unpaired) electrons. The van der Waals surface area contributed by atoms with Gasteiger partial charge in [-0.3, -0.25) is 14.4 Å². The number of hydrogen-bond acceptors (Lipinski definition) is 5. The minimum atomic E-state index is -0.384. The highest BCUT2D eigenvalue weighted by atomic mass is 79.9. The Morgan fingerprint density at radius 3 is 2.71 bits per heavy atom. The van der Waals surface area contributed by atoms with Gasteiger partial charge >= 0.3 is 0 Å². The maximum Gasteiger partial charge on any atom is 0.262 e. The van der Waals surface area contributed by atoms with Crippen LogP contribution in [0.25, 0.3) is 0 Å². The predicted octanol–water partition coefficient (Wildman–Crippen LogP) is 4.09. The van der Waals surface area contributed by atoms with Gasteiger partial charge in [0.1, 0.15) is 5.75 Å². The van der Waals surface area contributed by atoms with Gasteiger partial charge in [0, 0.05) is 54.3 Å². The summed E-state index contributed by atoms with van der Waals surface area (Å²) in [5, 5.41) is 5.89. The van der Waals surface area contributed by atoms with E-state index >= 15 is 0 Å². The van der Waals surface area contributed by atoms with E-state index in [1.54, 1.807) is 41.7 Å². The molecule has 0 bridgehead atoms. The SMILES string of the molecule is CCc1cc(Br)cc(C)c1NC(=O)COc1ccc(N2C[C@H](C(=O)NCCCn3ccnc3)CC2=O)cc1. The van der Waals surface area contributed by atoms with Crippen LogP contribution >= 0.6 is 15.9 Å². The van der Waals surface area contributed by atoms with Gasteiger partial charge in [0.25, 0.3) is 5.91 Å². The maximum absolute atomic E-state index is 12.6. The third-order valence-electron chi connectivity index (χ3n) is 6.49. The second kappa shape index (κ2) is 12.7. The molecule has 1 aromatic heterocycles. The Bertz CT molecular complexity index is 1280. The van der Waals surface area contributed by atoms with E-state index in [-0.39, 0.29) is 36.7 Å². The summed E-state index contributed by atoms with van der Waals surface area (Å²) < 4.78 is 8.60. The number of imidazole rings is 1. The molecule has 2 N–H and O–H groups in total. The molecule has 0 saturated carbocycles. The Balaban J connectivity index is 1.24. The number of carbonyl (C=O) groups excluding carboxylic acids is 3. The number of benzene rings is 2. The van der Waals surface area contributed by atoms with Crippen LogP contribution in [-0.2, 0) is 27.3 Å². The number of ether oxygens (including phenoxy) is 1. The first-order valence-electron chi connectivity index (χ1n) is 12.7. The van der Waals surface area contributed by atoms with Crippen molar-refractivity contribution in [2.45, 2.75) is 39.7 Å². The first-order valence-corrected chi connectivity index (χ1v) is 13.5. The molecule has 1 saturated heterocycles. The fourth-order valence-electron chi connectivity index (χ4n) is 4.49. The van der Waals surface area contributed by atoms with Crippen molar-refractivity contribution < 1.29 is 19.1 Å². The molecule has 10 heteroatoms. The van der Waals surface area contributed by atoms with Gasteiger partial charge in [-0.25, -0.2) is 4.98 Å². The lowest BCUT2D eigenvalue weighted by Crippen LogP contribution is -2.33. The molecule has 38 heavy (non-hydrogen) atoms. The van der Waals surface area contributed by atoms with Crippen LogP contribution in [0, 0.1) is 12.8 Å². The monoisotopic (exact) mass is 581 g/mol. The lowest BCUT2D eigenvalue weighted by Gasteiger charge is -2.17. The summed E-state index contributed by atoms with van der Waals surface area (Å²) in [5.74, 6) is -0.308. The van der Waals surface area contributed by atoms with Gasteiger partial charge in [0.05, 0.1) is 12.2 Å². The van der Waals surface area contributed by atoms with Gasteiger partial charge in [-0.15, -0.1) is 0 Å². The van der Waals surface area contributed by atoms with Crippen LogP contribution in [0.2, 0.25) is 0 Å². The molecule has 9 nitrogen and oxygen atoms in total. The van der Waals surface area contributed by atoms with Crippen LogP contribution in [-0.4, -0.2) is 47.0 Å². The highest BCUT2D eigenvalue weighted by Crippen LogP contribution is 2.28. The van der Waals surface area contributed by atoms with E-state index in [9.17, 15) is 14.4 Å². The average Bonchev–Trinajstić information content (AvgIpc) is 3.57. The summed E-state index contributed by atoms with van der Waals surface area (Å²) in [6.45, 7) is 5.51. The third kappa shape index (κ3) is 7.00. The van der Waals surface area contributed by atoms with Crippen molar-refractivity contribution in [2.24, 2.45) is 5.92 Å². The molecular formula is C28H32BrN5O4. The summed E-state index contributed by atoms with van der Waals surface area (Å²) >= 11 is 3.49. The number of rotatable bonds is 11. The Labute approximate surface area is 230 Å². The Hall–Kier alpha value is -3.66. The van der Waals surface area contributed by atoms with Crippen LogP contribution in [0.1, 0.15) is 30.9 Å². The van der Waals surface area contributed by atoms with Crippen LogP contribution in [0.15, 0.2) is 59.6 Å². The first kappa shape index (κ1) is 27.4. The number of halogens is 1. The van der Waals surface area contributed by atoms with Crippen molar-refractivity contribution in [1.82, 2.24) is 14.9 Å². The molecule has 4 rings (SSSR count). The molecule has 1 aliphatic rings. The quantitative estimate of drug-likeness (QED) is 0.332. The zero-order valence-corrected chi connectivity index (χ0v) is 23.2. The molecule has 2 heterocycles. The molecular weight excluding hydrogens is 550 g/mol. The van der Waals surface area contributed by atoms with E-state index < -0.39 is 0 Å². The van der Waals surface area contributed by atoms with Gasteiger partial charge in [-0.2, -0.15) is 0 Å². The lowest BCUT2D eigenvalue weighted by molar-refractivity contribution is -0.126. The number of carbonyl (C=O) groups is 3. The van der Waals surface area contributed by atoms with Gasteiger partial charge in [0.15, 0.2) is 6.61 Å². The maximum atomic E-state index is 12.6. The third-order valence-corrected chi connectivity index (χ3v) is 6.95. The Kier molecular flexibility index (Phi) is 9.17. The minimum absolute atomic E-state index is 0.0896. The van der Waals surface area contributed by atoms with Crippen LogP contribution < -0.4 is 20.3 Å². The molecule has 200 valence electrons. The van der Waals surface area contributed by atoms with E-state index in [4.69, 9.17) is 4.74 Å². The molecule has 1 fully saturated rings.